The summed E-state index contributed by atoms with van der Waals surface area (Å²) in [5.74, 6) is -0.852. The highest BCUT2D eigenvalue weighted by Gasteiger charge is 2.54. The van der Waals surface area contributed by atoms with Gasteiger partial charge in [0.1, 0.15) is 17.6 Å². The van der Waals surface area contributed by atoms with Gasteiger partial charge < -0.3 is 10.6 Å². The first kappa shape index (κ1) is 17.5. The van der Waals surface area contributed by atoms with Crippen LogP contribution in [-0.4, -0.2) is 34.8 Å². The van der Waals surface area contributed by atoms with Gasteiger partial charge in [0.15, 0.2) is 0 Å². The minimum Gasteiger partial charge on any atom is -0.336 e. The van der Waals surface area contributed by atoms with Crippen molar-refractivity contribution in [2.75, 3.05) is 6.54 Å². The lowest BCUT2D eigenvalue weighted by molar-refractivity contribution is -0.136. The van der Waals surface area contributed by atoms with Crippen LogP contribution in [0.1, 0.15) is 49.7 Å². The summed E-state index contributed by atoms with van der Waals surface area (Å²) in [6, 6.07) is 9.27. The number of aryl methyl sites for hydroxylation is 1. The predicted molar refractivity (Wildman–Crippen MR) is 96.3 cm³/mol. The van der Waals surface area contributed by atoms with Crippen molar-refractivity contribution >= 4 is 17.8 Å². The van der Waals surface area contributed by atoms with Gasteiger partial charge in [-0.05, 0) is 56.1 Å². The number of carbonyl (C=O) groups excluding carboxylic acids is 3. The fourth-order valence-electron chi connectivity index (χ4n) is 4.65. The third-order valence-corrected chi connectivity index (χ3v) is 6.00. The number of imide groups is 1. The fraction of sp³-hybridized carbons (Fsp3) is 0.500. The molecule has 2 aliphatic carbocycles. The van der Waals surface area contributed by atoms with E-state index in [9.17, 15) is 19.6 Å². The molecule has 7 nitrogen and oxygen atoms in total. The normalized spacial score (nSPS) is 25.8. The fourth-order valence-corrected chi connectivity index (χ4v) is 4.65. The van der Waals surface area contributed by atoms with E-state index in [1.807, 2.05) is 24.3 Å². The van der Waals surface area contributed by atoms with Gasteiger partial charge in [0, 0.05) is 0 Å². The summed E-state index contributed by atoms with van der Waals surface area (Å²) in [5.41, 5.74) is -0.0716. The van der Waals surface area contributed by atoms with Crippen LogP contribution in [0.4, 0.5) is 4.79 Å². The van der Waals surface area contributed by atoms with Crippen molar-refractivity contribution in [3.63, 3.8) is 0 Å². The van der Waals surface area contributed by atoms with Crippen LogP contribution in [0.2, 0.25) is 0 Å². The molecule has 7 heteroatoms. The average molecular weight is 366 g/mol. The van der Waals surface area contributed by atoms with Gasteiger partial charge in [0.2, 0.25) is 5.91 Å². The quantitative estimate of drug-likeness (QED) is 0.795. The lowest BCUT2D eigenvalue weighted by Crippen LogP contribution is -2.51. The Morgan fingerprint density at radius 2 is 1.93 bits per heavy atom. The Kier molecular flexibility index (Phi) is 4.14. The number of urea groups is 1. The zero-order valence-corrected chi connectivity index (χ0v) is 15.1. The number of fused-ring (bicyclic) bond motifs is 2. The van der Waals surface area contributed by atoms with E-state index in [0.29, 0.717) is 19.3 Å². The molecule has 2 fully saturated rings. The minimum absolute atomic E-state index is 0.363. The summed E-state index contributed by atoms with van der Waals surface area (Å²) in [4.78, 5) is 39.2. The van der Waals surface area contributed by atoms with E-state index in [0.717, 1.165) is 41.7 Å². The molecule has 1 aromatic rings. The topological polar surface area (TPSA) is 102 Å². The van der Waals surface area contributed by atoms with Crippen LogP contribution in [-0.2, 0) is 21.5 Å². The highest BCUT2D eigenvalue weighted by molar-refractivity contribution is 6.09. The summed E-state index contributed by atoms with van der Waals surface area (Å²) < 4.78 is 0. The molecule has 3 aliphatic rings. The minimum atomic E-state index is -1.08. The van der Waals surface area contributed by atoms with Crippen LogP contribution in [0.5, 0.6) is 0 Å². The van der Waals surface area contributed by atoms with Gasteiger partial charge in [0.05, 0.1) is 6.07 Å². The molecule has 1 heterocycles. The number of amides is 4. The van der Waals surface area contributed by atoms with E-state index in [4.69, 9.17) is 0 Å². The van der Waals surface area contributed by atoms with E-state index in [1.165, 1.54) is 0 Å². The Bertz CT molecular complexity index is 853. The average Bonchev–Trinajstić information content (AvgIpc) is 3.22. The molecule has 1 saturated heterocycles. The van der Waals surface area contributed by atoms with Crippen molar-refractivity contribution in [2.45, 2.75) is 56.0 Å². The molecule has 0 radical (unpaired) electrons. The van der Waals surface area contributed by atoms with Gasteiger partial charge in [-0.15, -0.1) is 0 Å². The van der Waals surface area contributed by atoms with E-state index in [1.54, 1.807) is 0 Å². The Hall–Kier alpha value is -2.88. The Morgan fingerprint density at radius 3 is 2.67 bits per heavy atom. The summed E-state index contributed by atoms with van der Waals surface area (Å²) in [6.45, 7) is -0.363. The third kappa shape index (κ3) is 2.76. The summed E-state index contributed by atoms with van der Waals surface area (Å²) in [7, 11) is 0. The number of carbonyl (C=O) groups is 3. The maximum atomic E-state index is 13.2. The second-order valence-electron chi connectivity index (χ2n) is 7.69. The maximum absolute atomic E-state index is 13.2. The summed E-state index contributed by atoms with van der Waals surface area (Å²) in [6.07, 6.45) is 5.16. The monoisotopic (exact) mass is 366 g/mol. The zero-order chi connectivity index (χ0) is 19.1. The van der Waals surface area contributed by atoms with Gasteiger partial charge in [-0.1, -0.05) is 24.3 Å². The largest absolute Gasteiger partial charge is 0.336 e. The van der Waals surface area contributed by atoms with Crippen molar-refractivity contribution < 1.29 is 14.4 Å². The van der Waals surface area contributed by atoms with Crippen molar-refractivity contribution in [3.8, 4) is 6.07 Å². The number of benzene rings is 1. The number of rotatable bonds is 3. The number of hydrogen-bond acceptors (Lipinski definition) is 4. The predicted octanol–water partition coefficient (Wildman–Crippen LogP) is 1.72. The molecule has 4 rings (SSSR count). The van der Waals surface area contributed by atoms with E-state index < -0.39 is 23.0 Å². The molecule has 0 bridgehead atoms. The van der Waals surface area contributed by atoms with Crippen LogP contribution in [0.15, 0.2) is 24.3 Å². The van der Waals surface area contributed by atoms with Crippen molar-refractivity contribution in [1.29, 1.82) is 5.26 Å². The van der Waals surface area contributed by atoms with Gasteiger partial charge in [0.25, 0.3) is 5.91 Å². The van der Waals surface area contributed by atoms with E-state index in [2.05, 4.69) is 16.7 Å². The molecule has 1 aromatic carbocycles. The molecule has 2 N–H and O–H groups in total. The van der Waals surface area contributed by atoms with Gasteiger partial charge >= 0.3 is 6.03 Å². The molecule has 1 atom stereocenters. The first-order valence-corrected chi connectivity index (χ1v) is 9.44. The van der Waals surface area contributed by atoms with Crippen molar-refractivity contribution in [1.82, 2.24) is 15.5 Å². The summed E-state index contributed by atoms with van der Waals surface area (Å²) >= 11 is 0. The van der Waals surface area contributed by atoms with Crippen molar-refractivity contribution in [3.05, 3.63) is 35.4 Å². The zero-order valence-electron chi connectivity index (χ0n) is 15.1. The van der Waals surface area contributed by atoms with Crippen LogP contribution >= 0.6 is 0 Å². The Labute approximate surface area is 157 Å². The molecule has 0 unspecified atom stereocenters. The first-order valence-electron chi connectivity index (χ1n) is 9.44. The first-order chi connectivity index (χ1) is 13.0. The molecule has 1 aliphatic heterocycles. The second-order valence-corrected chi connectivity index (χ2v) is 7.69. The van der Waals surface area contributed by atoms with Crippen molar-refractivity contribution in [2.24, 2.45) is 0 Å². The van der Waals surface area contributed by atoms with Gasteiger partial charge in [-0.2, -0.15) is 5.26 Å². The standard InChI is InChI=1S/C20H22N4O3/c21-13-19(9-3-4-10-19)22-16(25)12-24-17(26)20(23-18(24)27)11-5-7-14-6-1-2-8-15(14)20/h1-2,6,8H,3-5,7,9-12H2,(H,22,25)(H,23,27)/t20-/m1/s1. The molecule has 4 amide bonds. The lowest BCUT2D eigenvalue weighted by Gasteiger charge is -2.33. The molecular formula is C20H22N4O3. The number of nitrogens with zero attached hydrogens (tertiary/aromatic N) is 2. The van der Waals surface area contributed by atoms with Crippen LogP contribution < -0.4 is 10.6 Å². The second kappa shape index (κ2) is 6.38. The molecule has 140 valence electrons. The highest BCUT2D eigenvalue weighted by atomic mass is 16.2. The molecular weight excluding hydrogens is 344 g/mol. The van der Waals surface area contributed by atoms with E-state index in [-0.39, 0.29) is 12.5 Å². The van der Waals surface area contributed by atoms with Gasteiger partial charge in [-0.25, -0.2) is 4.79 Å². The van der Waals surface area contributed by atoms with Crippen LogP contribution in [0, 0.1) is 11.3 Å². The maximum Gasteiger partial charge on any atom is 0.325 e. The van der Waals surface area contributed by atoms with Crippen LogP contribution in [0.3, 0.4) is 0 Å². The lowest BCUT2D eigenvalue weighted by atomic mass is 9.76. The molecule has 1 spiro atoms. The van der Waals surface area contributed by atoms with E-state index >= 15 is 0 Å². The number of nitriles is 1. The third-order valence-electron chi connectivity index (χ3n) is 6.00. The molecule has 0 aromatic heterocycles. The Morgan fingerprint density at radius 1 is 1.19 bits per heavy atom. The number of hydrogen-bond donors (Lipinski definition) is 2. The molecule has 27 heavy (non-hydrogen) atoms. The SMILES string of the molecule is N#CC1(NC(=O)CN2C(=O)N[C@@]3(CCCc4ccccc43)C2=O)CCCC1. The van der Waals surface area contributed by atoms with Gasteiger partial charge in [-0.3, -0.25) is 14.5 Å². The number of nitrogens with one attached hydrogen (secondary N) is 2. The van der Waals surface area contributed by atoms with Crippen LogP contribution in [0.25, 0.3) is 0 Å². The molecule has 1 saturated carbocycles. The smallest absolute Gasteiger partial charge is 0.325 e. The Balaban J connectivity index is 1.55. The highest BCUT2D eigenvalue weighted by Crippen LogP contribution is 2.39. The summed E-state index contributed by atoms with van der Waals surface area (Å²) in [5, 5.41) is 15.0.